The standard InChI is InChI=1S/C13H20N2O2/c1-10-6-12-13(17-9-16-12)7-11(10)4-5-15(3)8-14-2/h6-7,14H,4-5,8-9H2,1-3H3. The first-order valence-electron chi connectivity index (χ1n) is 5.93. The van der Waals surface area contributed by atoms with Crippen LogP contribution in [0.25, 0.3) is 0 Å². The Kier molecular flexibility index (Phi) is 3.86. The van der Waals surface area contributed by atoms with Gasteiger partial charge in [0.15, 0.2) is 11.5 Å². The third-order valence-electron chi connectivity index (χ3n) is 3.02. The molecule has 1 aromatic carbocycles. The summed E-state index contributed by atoms with van der Waals surface area (Å²) < 4.78 is 10.8. The normalized spacial score (nSPS) is 13.4. The van der Waals surface area contributed by atoms with Crippen LogP contribution >= 0.6 is 0 Å². The van der Waals surface area contributed by atoms with Crippen molar-refractivity contribution in [3.63, 3.8) is 0 Å². The van der Waals surface area contributed by atoms with Gasteiger partial charge in [0.05, 0.1) is 0 Å². The van der Waals surface area contributed by atoms with E-state index < -0.39 is 0 Å². The van der Waals surface area contributed by atoms with E-state index in [1.54, 1.807) is 0 Å². The first-order valence-corrected chi connectivity index (χ1v) is 5.93. The zero-order valence-electron chi connectivity index (χ0n) is 10.7. The molecule has 4 heteroatoms. The van der Waals surface area contributed by atoms with Crippen LogP contribution < -0.4 is 14.8 Å². The highest BCUT2D eigenvalue weighted by atomic mass is 16.7. The van der Waals surface area contributed by atoms with Crippen molar-refractivity contribution in [3.8, 4) is 11.5 Å². The molecular formula is C13H20N2O2. The number of hydrogen-bond acceptors (Lipinski definition) is 4. The number of aryl methyl sites for hydroxylation is 1. The molecule has 0 fully saturated rings. The second-order valence-corrected chi connectivity index (χ2v) is 4.47. The maximum absolute atomic E-state index is 5.40. The summed E-state index contributed by atoms with van der Waals surface area (Å²) in [7, 11) is 4.07. The maximum Gasteiger partial charge on any atom is 0.231 e. The fraction of sp³-hybridized carbons (Fsp3) is 0.538. The lowest BCUT2D eigenvalue weighted by molar-refractivity contribution is 0.174. The van der Waals surface area contributed by atoms with E-state index in [4.69, 9.17) is 9.47 Å². The molecule has 0 saturated heterocycles. The van der Waals surface area contributed by atoms with Gasteiger partial charge in [-0.1, -0.05) is 0 Å². The van der Waals surface area contributed by atoms with E-state index in [0.717, 1.165) is 31.1 Å². The first kappa shape index (κ1) is 12.2. The minimum atomic E-state index is 0.345. The highest BCUT2D eigenvalue weighted by Gasteiger charge is 2.15. The molecule has 0 aromatic heterocycles. The Bertz CT molecular complexity index is 393. The van der Waals surface area contributed by atoms with Gasteiger partial charge in [-0.2, -0.15) is 0 Å². The van der Waals surface area contributed by atoms with E-state index in [0.29, 0.717) is 6.79 Å². The average molecular weight is 236 g/mol. The Morgan fingerprint density at radius 3 is 2.71 bits per heavy atom. The summed E-state index contributed by atoms with van der Waals surface area (Å²) in [5, 5.41) is 3.14. The Hall–Kier alpha value is -1.26. The molecule has 2 rings (SSSR count). The van der Waals surface area contributed by atoms with Gasteiger partial charge in [0.1, 0.15) is 0 Å². The Labute approximate surface area is 103 Å². The van der Waals surface area contributed by atoms with Gasteiger partial charge in [-0.25, -0.2) is 0 Å². The summed E-state index contributed by atoms with van der Waals surface area (Å²) >= 11 is 0. The molecule has 0 radical (unpaired) electrons. The number of benzene rings is 1. The smallest absolute Gasteiger partial charge is 0.231 e. The lowest BCUT2D eigenvalue weighted by Crippen LogP contribution is -2.30. The van der Waals surface area contributed by atoms with Crippen LogP contribution in [-0.2, 0) is 6.42 Å². The molecule has 1 aromatic rings. The lowest BCUT2D eigenvalue weighted by atomic mass is 10.0. The molecule has 0 aliphatic carbocycles. The zero-order chi connectivity index (χ0) is 12.3. The van der Waals surface area contributed by atoms with E-state index in [1.807, 2.05) is 7.05 Å². The molecule has 17 heavy (non-hydrogen) atoms. The van der Waals surface area contributed by atoms with E-state index in [1.165, 1.54) is 11.1 Å². The van der Waals surface area contributed by atoms with Crippen molar-refractivity contribution in [3.05, 3.63) is 23.3 Å². The molecule has 1 aliphatic heterocycles. The van der Waals surface area contributed by atoms with E-state index in [-0.39, 0.29) is 0 Å². The highest BCUT2D eigenvalue weighted by Crippen LogP contribution is 2.34. The Morgan fingerprint density at radius 2 is 2.00 bits per heavy atom. The van der Waals surface area contributed by atoms with Gasteiger partial charge in [-0.3, -0.25) is 4.90 Å². The number of likely N-dealkylation sites (N-methyl/N-ethyl adjacent to an activating group) is 1. The number of hydrogen-bond donors (Lipinski definition) is 1. The van der Waals surface area contributed by atoms with Crippen molar-refractivity contribution in [2.75, 3.05) is 34.1 Å². The topological polar surface area (TPSA) is 33.7 Å². The highest BCUT2D eigenvalue weighted by molar-refractivity contribution is 5.48. The van der Waals surface area contributed by atoms with Crippen LogP contribution in [0.5, 0.6) is 11.5 Å². The molecule has 94 valence electrons. The van der Waals surface area contributed by atoms with Crippen LogP contribution in [0.4, 0.5) is 0 Å². The number of fused-ring (bicyclic) bond motifs is 1. The van der Waals surface area contributed by atoms with Crippen molar-refractivity contribution in [1.82, 2.24) is 10.2 Å². The fourth-order valence-corrected chi connectivity index (χ4v) is 2.02. The van der Waals surface area contributed by atoms with Gasteiger partial charge >= 0.3 is 0 Å². The molecule has 0 bridgehead atoms. The third kappa shape index (κ3) is 2.90. The van der Waals surface area contributed by atoms with Gasteiger partial charge in [-0.15, -0.1) is 0 Å². The molecule has 1 aliphatic rings. The van der Waals surface area contributed by atoms with E-state index in [2.05, 4.69) is 36.3 Å². The monoisotopic (exact) mass is 236 g/mol. The Morgan fingerprint density at radius 1 is 1.29 bits per heavy atom. The van der Waals surface area contributed by atoms with Crippen LogP contribution in [0, 0.1) is 6.92 Å². The summed E-state index contributed by atoms with van der Waals surface area (Å²) in [6.07, 6.45) is 1.03. The molecule has 1 N–H and O–H groups in total. The van der Waals surface area contributed by atoms with Gasteiger partial charge in [0, 0.05) is 13.2 Å². The summed E-state index contributed by atoms with van der Waals surface area (Å²) in [6, 6.07) is 4.17. The van der Waals surface area contributed by atoms with Crippen molar-refractivity contribution in [2.24, 2.45) is 0 Å². The largest absolute Gasteiger partial charge is 0.454 e. The van der Waals surface area contributed by atoms with Gasteiger partial charge in [0.2, 0.25) is 6.79 Å². The van der Waals surface area contributed by atoms with Gasteiger partial charge in [0.25, 0.3) is 0 Å². The van der Waals surface area contributed by atoms with Crippen molar-refractivity contribution in [1.29, 1.82) is 0 Å². The maximum atomic E-state index is 5.40. The second-order valence-electron chi connectivity index (χ2n) is 4.47. The zero-order valence-corrected chi connectivity index (χ0v) is 10.7. The van der Waals surface area contributed by atoms with Crippen LogP contribution in [0.2, 0.25) is 0 Å². The van der Waals surface area contributed by atoms with Crippen LogP contribution in [0.1, 0.15) is 11.1 Å². The number of rotatable bonds is 5. The second kappa shape index (κ2) is 5.38. The van der Waals surface area contributed by atoms with Crippen molar-refractivity contribution < 1.29 is 9.47 Å². The number of nitrogens with zero attached hydrogens (tertiary/aromatic N) is 1. The SMILES string of the molecule is CNCN(C)CCc1cc2c(cc1C)OCO2. The van der Waals surface area contributed by atoms with E-state index in [9.17, 15) is 0 Å². The average Bonchev–Trinajstić information content (AvgIpc) is 2.73. The third-order valence-corrected chi connectivity index (χ3v) is 3.02. The summed E-state index contributed by atoms with van der Waals surface area (Å²) in [5.74, 6) is 1.75. The van der Waals surface area contributed by atoms with Crippen LogP contribution in [0.3, 0.4) is 0 Å². The Balaban J connectivity index is 2.01. The molecule has 0 spiro atoms. The first-order chi connectivity index (χ1) is 8.20. The van der Waals surface area contributed by atoms with Gasteiger partial charge < -0.3 is 14.8 Å². The quantitative estimate of drug-likeness (QED) is 0.783. The van der Waals surface area contributed by atoms with E-state index >= 15 is 0 Å². The summed E-state index contributed by atoms with van der Waals surface area (Å²) in [5.41, 5.74) is 2.60. The summed E-state index contributed by atoms with van der Waals surface area (Å²) in [6.45, 7) is 4.40. The minimum absolute atomic E-state index is 0.345. The predicted octanol–water partition coefficient (Wildman–Crippen LogP) is 1.37. The summed E-state index contributed by atoms with van der Waals surface area (Å²) in [4.78, 5) is 2.25. The lowest BCUT2D eigenvalue weighted by Gasteiger charge is -2.16. The van der Waals surface area contributed by atoms with Crippen molar-refractivity contribution >= 4 is 0 Å². The van der Waals surface area contributed by atoms with Crippen LogP contribution in [-0.4, -0.2) is 39.0 Å². The fourth-order valence-electron chi connectivity index (χ4n) is 2.02. The predicted molar refractivity (Wildman–Crippen MR) is 67.6 cm³/mol. The van der Waals surface area contributed by atoms with Gasteiger partial charge in [-0.05, 0) is 50.7 Å². The molecule has 1 heterocycles. The van der Waals surface area contributed by atoms with Crippen molar-refractivity contribution in [2.45, 2.75) is 13.3 Å². The molecule has 0 unspecified atom stereocenters. The molecule has 0 saturated carbocycles. The molecule has 0 amide bonds. The number of nitrogens with one attached hydrogen (secondary N) is 1. The minimum Gasteiger partial charge on any atom is -0.454 e. The van der Waals surface area contributed by atoms with Crippen LogP contribution in [0.15, 0.2) is 12.1 Å². The molecule has 0 atom stereocenters. The molecular weight excluding hydrogens is 216 g/mol. The number of ether oxygens (including phenoxy) is 2. The molecule has 4 nitrogen and oxygen atoms in total.